The van der Waals surface area contributed by atoms with Gasteiger partial charge in [0.2, 0.25) is 11.8 Å². The summed E-state index contributed by atoms with van der Waals surface area (Å²) in [6, 6.07) is 19.9. The highest BCUT2D eigenvalue weighted by Gasteiger charge is 2.34. The van der Waals surface area contributed by atoms with Crippen LogP contribution in [0.5, 0.6) is 11.5 Å². The molecule has 0 heterocycles. The number of aryl methyl sites for hydroxylation is 1. The van der Waals surface area contributed by atoms with Gasteiger partial charge in [-0.25, -0.2) is 8.42 Å². The molecule has 1 saturated carbocycles. The van der Waals surface area contributed by atoms with Crippen molar-refractivity contribution in [1.82, 2.24) is 10.2 Å². The average Bonchev–Trinajstić information content (AvgIpc) is 3.03. The fourth-order valence-corrected chi connectivity index (χ4v) is 7.13. The van der Waals surface area contributed by atoms with E-state index in [4.69, 9.17) is 9.47 Å². The second-order valence-corrected chi connectivity index (χ2v) is 13.0. The maximum atomic E-state index is 14.3. The Hall–Kier alpha value is -4.05. The van der Waals surface area contributed by atoms with Crippen molar-refractivity contribution >= 4 is 27.5 Å². The number of sulfonamides is 1. The first kappa shape index (κ1) is 32.9. The van der Waals surface area contributed by atoms with Gasteiger partial charge in [-0.2, -0.15) is 0 Å². The Morgan fingerprint density at radius 2 is 1.61 bits per heavy atom. The van der Waals surface area contributed by atoms with Crippen LogP contribution in [0.2, 0.25) is 0 Å². The van der Waals surface area contributed by atoms with Gasteiger partial charge in [0.15, 0.2) is 11.5 Å². The lowest BCUT2D eigenvalue weighted by Crippen LogP contribution is -2.54. The van der Waals surface area contributed by atoms with Gasteiger partial charge in [0, 0.05) is 18.7 Å². The molecule has 10 heteroatoms. The molecule has 0 spiro atoms. The van der Waals surface area contributed by atoms with E-state index in [0.717, 1.165) is 47.5 Å². The molecule has 1 aliphatic carbocycles. The van der Waals surface area contributed by atoms with Crippen molar-refractivity contribution < 1.29 is 27.5 Å². The van der Waals surface area contributed by atoms with E-state index in [-0.39, 0.29) is 29.1 Å². The van der Waals surface area contributed by atoms with Gasteiger partial charge in [-0.05, 0) is 56.0 Å². The van der Waals surface area contributed by atoms with Crippen molar-refractivity contribution in [2.45, 2.75) is 75.9 Å². The first-order valence-corrected chi connectivity index (χ1v) is 16.6. The first-order chi connectivity index (χ1) is 21.2. The molecule has 1 fully saturated rings. The number of amides is 2. The number of ether oxygens (including phenoxy) is 2. The van der Waals surface area contributed by atoms with E-state index in [1.807, 2.05) is 38.1 Å². The van der Waals surface area contributed by atoms with Crippen molar-refractivity contribution in [2.75, 3.05) is 25.1 Å². The summed E-state index contributed by atoms with van der Waals surface area (Å²) < 4.78 is 40.1. The first-order valence-electron chi connectivity index (χ1n) is 15.1. The molecule has 9 nitrogen and oxygen atoms in total. The van der Waals surface area contributed by atoms with E-state index in [1.165, 1.54) is 37.3 Å². The molecule has 1 aliphatic rings. The third-order valence-corrected chi connectivity index (χ3v) is 9.81. The molecule has 1 N–H and O–H groups in total. The number of benzene rings is 3. The number of hydrogen-bond acceptors (Lipinski definition) is 6. The van der Waals surface area contributed by atoms with Crippen LogP contribution in [0.15, 0.2) is 77.7 Å². The van der Waals surface area contributed by atoms with Crippen LogP contribution in [0.1, 0.15) is 56.6 Å². The smallest absolute Gasteiger partial charge is 0.264 e. The molecular weight excluding hydrogens is 578 g/mol. The Labute approximate surface area is 261 Å². The summed E-state index contributed by atoms with van der Waals surface area (Å²) in [6.07, 6.45) is 5.50. The van der Waals surface area contributed by atoms with E-state index >= 15 is 0 Å². The van der Waals surface area contributed by atoms with Crippen molar-refractivity contribution in [3.05, 3.63) is 83.9 Å². The fraction of sp³-hybridized carbons (Fsp3) is 0.412. The highest BCUT2D eigenvalue weighted by molar-refractivity contribution is 7.92. The third kappa shape index (κ3) is 7.91. The highest BCUT2D eigenvalue weighted by atomic mass is 32.2. The second kappa shape index (κ2) is 15.1. The van der Waals surface area contributed by atoms with Gasteiger partial charge in [-0.1, -0.05) is 74.2 Å². The number of para-hydroxylation sites is 1. The minimum atomic E-state index is -4.25. The molecule has 0 radical (unpaired) electrons. The summed E-state index contributed by atoms with van der Waals surface area (Å²) in [5, 5.41) is 3.18. The average molecular weight is 622 g/mol. The van der Waals surface area contributed by atoms with E-state index in [2.05, 4.69) is 5.32 Å². The molecule has 2 amide bonds. The third-order valence-electron chi connectivity index (χ3n) is 8.04. The van der Waals surface area contributed by atoms with E-state index < -0.39 is 28.5 Å². The summed E-state index contributed by atoms with van der Waals surface area (Å²) in [7, 11) is -1.35. The predicted octanol–water partition coefficient (Wildman–Crippen LogP) is 5.46. The zero-order chi connectivity index (χ0) is 31.7. The molecule has 1 atom stereocenters. The van der Waals surface area contributed by atoms with Gasteiger partial charge in [0.25, 0.3) is 10.0 Å². The number of nitrogens with one attached hydrogen (secondary N) is 1. The molecule has 0 aliphatic heterocycles. The van der Waals surface area contributed by atoms with Crippen LogP contribution in [0.25, 0.3) is 0 Å². The standard InChI is InChI=1S/C34H43N3O6S/c1-5-30(34(39)35-27-15-8-6-9-16-27)36(23-26-14-12-13-25(2)21-26)33(38)24-37(28-17-10-7-11-18-28)44(40,41)29-19-20-31(42-3)32(22-29)43-4/h7,10-14,17-22,27,30H,5-6,8-9,15-16,23-24H2,1-4H3,(H,35,39)/t30-/m0/s1. The SMILES string of the molecule is CC[C@@H](C(=O)NC1CCCCC1)N(Cc1cccc(C)c1)C(=O)CN(c1ccccc1)S(=O)(=O)c1ccc(OC)c(OC)c1. The summed E-state index contributed by atoms with van der Waals surface area (Å²) >= 11 is 0. The topological polar surface area (TPSA) is 105 Å². The molecule has 0 aromatic heterocycles. The van der Waals surface area contributed by atoms with E-state index in [9.17, 15) is 18.0 Å². The van der Waals surface area contributed by atoms with Crippen LogP contribution in [-0.4, -0.2) is 58.0 Å². The summed E-state index contributed by atoms with van der Waals surface area (Å²) in [4.78, 5) is 29.5. The van der Waals surface area contributed by atoms with E-state index in [0.29, 0.717) is 17.9 Å². The maximum absolute atomic E-state index is 14.3. The molecule has 44 heavy (non-hydrogen) atoms. The van der Waals surface area contributed by atoms with Gasteiger partial charge in [0.05, 0.1) is 24.8 Å². The number of hydrogen-bond donors (Lipinski definition) is 1. The Bertz CT molecular complexity index is 1520. The van der Waals surface area contributed by atoms with Crippen LogP contribution in [-0.2, 0) is 26.2 Å². The van der Waals surface area contributed by atoms with Crippen molar-refractivity contribution in [3.8, 4) is 11.5 Å². The van der Waals surface area contributed by atoms with Gasteiger partial charge < -0.3 is 19.7 Å². The minimum absolute atomic E-state index is 0.0564. The molecule has 0 saturated heterocycles. The number of rotatable bonds is 13. The zero-order valence-corrected chi connectivity index (χ0v) is 26.8. The van der Waals surface area contributed by atoms with Gasteiger partial charge in [0.1, 0.15) is 12.6 Å². The minimum Gasteiger partial charge on any atom is -0.493 e. The van der Waals surface area contributed by atoms with Crippen molar-refractivity contribution in [2.24, 2.45) is 0 Å². The predicted molar refractivity (Wildman–Crippen MR) is 171 cm³/mol. The number of anilines is 1. The second-order valence-electron chi connectivity index (χ2n) is 11.1. The number of carbonyl (C=O) groups is 2. The van der Waals surface area contributed by atoms with Crippen LogP contribution in [0.4, 0.5) is 5.69 Å². The molecule has 3 aromatic carbocycles. The van der Waals surface area contributed by atoms with Gasteiger partial charge in [-0.15, -0.1) is 0 Å². The van der Waals surface area contributed by atoms with Gasteiger partial charge >= 0.3 is 0 Å². The number of carbonyl (C=O) groups excluding carboxylic acids is 2. The maximum Gasteiger partial charge on any atom is 0.264 e. The normalized spacial score (nSPS) is 14.4. The molecule has 3 aromatic rings. The van der Waals surface area contributed by atoms with Crippen molar-refractivity contribution in [3.63, 3.8) is 0 Å². The van der Waals surface area contributed by atoms with Crippen molar-refractivity contribution in [1.29, 1.82) is 0 Å². The molecule has 0 unspecified atom stereocenters. The van der Waals surface area contributed by atoms with Gasteiger partial charge in [-0.3, -0.25) is 13.9 Å². The number of methoxy groups -OCH3 is 2. The Balaban J connectivity index is 1.71. The largest absolute Gasteiger partial charge is 0.493 e. The lowest BCUT2D eigenvalue weighted by Gasteiger charge is -2.34. The Kier molecular flexibility index (Phi) is 11.3. The Morgan fingerprint density at radius 1 is 0.909 bits per heavy atom. The monoisotopic (exact) mass is 621 g/mol. The summed E-state index contributed by atoms with van der Waals surface area (Å²) in [6.45, 7) is 3.50. The van der Waals surface area contributed by atoms with E-state index in [1.54, 1.807) is 30.3 Å². The quantitative estimate of drug-likeness (QED) is 0.272. The van der Waals surface area contributed by atoms with Crippen LogP contribution < -0.4 is 19.1 Å². The highest BCUT2D eigenvalue weighted by Crippen LogP contribution is 2.32. The number of nitrogens with zero attached hydrogens (tertiary/aromatic N) is 2. The zero-order valence-electron chi connectivity index (χ0n) is 26.0. The molecule has 4 rings (SSSR count). The van der Waals surface area contributed by atoms with Crippen LogP contribution in [0.3, 0.4) is 0 Å². The molecule has 236 valence electrons. The molecule has 0 bridgehead atoms. The lowest BCUT2D eigenvalue weighted by molar-refractivity contribution is -0.140. The summed E-state index contributed by atoms with van der Waals surface area (Å²) in [5.41, 5.74) is 2.21. The Morgan fingerprint density at radius 3 is 2.25 bits per heavy atom. The summed E-state index contributed by atoms with van der Waals surface area (Å²) in [5.74, 6) is -0.0632. The van der Waals surface area contributed by atoms with Crippen LogP contribution >= 0.6 is 0 Å². The lowest BCUT2D eigenvalue weighted by atomic mass is 9.95. The van der Waals surface area contributed by atoms with Crippen LogP contribution in [0, 0.1) is 6.92 Å². The molecular formula is C34H43N3O6S. The fourth-order valence-electron chi connectivity index (χ4n) is 5.70.